The van der Waals surface area contributed by atoms with Gasteiger partial charge in [-0.25, -0.2) is 0 Å². The second-order valence-corrected chi connectivity index (χ2v) is 5.58. The van der Waals surface area contributed by atoms with Crippen LogP contribution >= 0.6 is 0 Å². The predicted molar refractivity (Wildman–Crippen MR) is 61.3 cm³/mol. The zero-order valence-electron chi connectivity index (χ0n) is 9.77. The average molecular weight is 193 g/mol. The smallest absolute Gasteiger partial charge is 0.0140 e. The van der Waals surface area contributed by atoms with Crippen LogP contribution in [0.1, 0.15) is 46.5 Å². The fraction of sp³-hybridized carbons (Fsp3) is 0.846. The third-order valence-electron chi connectivity index (χ3n) is 4.17. The number of rotatable bonds is 3. The molecule has 0 aromatic carbocycles. The molecule has 0 amide bonds. The monoisotopic (exact) mass is 193 g/mol. The van der Waals surface area contributed by atoms with E-state index < -0.39 is 0 Å². The van der Waals surface area contributed by atoms with Gasteiger partial charge in [-0.2, -0.15) is 0 Å². The van der Waals surface area contributed by atoms with Crippen LogP contribution in [0.4, 0.5) is 0 Å². The fourth-order valence-electron chi connectivity index (χ4n) is 2.97. The molecule has 0 radical (unpaired) electrons. The Kier molecular flexibility index (Phi) is 2.70. The predicted octanol–water partition coefficient (Wildman–Crippen LogP) is 3.12. The molecule has 2 aliphatic carbocycles. The molecular weight excluding hydrogens is 170 g/mol. The Morgan fingerprint density at radius 1 is 1.43 bits per heavy atom. The minimum absolute atomic E-state index is 0.660. The lowest BCUT2D eigenvalue weighted by Gasteiger charge is -2.29. The summed E-state index contributed by atoms with van der Waals surface area (Å²) >= 11 is 0. The Bertz CT molecular complexity index is 240. The Morgan fingerprint density at radius 2 is 2.21 bits per heavy atom. The van der Waals surface area contributed by atoms with E-state index in [4.69, 9.17) is 0 Å². The molecule has 80 valence electrons. The summed E-state index contributed by atoms with van der Waals surface area (Å²) in [5.74, 6) is 1.04. The Labute approximate surface area is 88.0 Å². The molecular formula is C13H23N. The van der Waals surface area contributed by atoms with Gasteiger partial charge in [-0.1, -0.05) is 25.0 Å². The molecule has 1 N–H and O–H groups in total. The van der Waals surface area contributed by atoms with Crippen molar-refractivity contribution < 1.29 is 0 Å². The van der Waals surface area contributed by atoms with Crippen molar-refractivity contribution in [1.82, 2.24) is 5.32 Å². The zero-order valence-corrected chi connectivity index (χ0v) is 9.77. The quantitative estimate of drug-likeness (QED) is 0.679. The lowest BCUT2D eigenvalue weighted by atomic mass is 9.85. The van der Waals surface area contributed by atoms with Gasteiger partial charge in [0, 0.05) is 12.6 Å². The summed E-state index contributed by atoms with van der Waals surface area (Å²) in [6, 6.07) is 0.789. The first-order valence-corrected chi connectivity index (χ1v) is 5.99. The van der Waals surface area contributed by atoms with Crippen molar-refractivity contribution in [2.45, 2.75) is 52.5 Å². The number of hydrogen-bond acceptors (Lipinski definition) is 1. The second kappa shape index (κ2) is 3.69. The van der Waals surface area contributed by atoms with Crippen LogP contribution in [0.5, 0.6) is 0 Å². The van der Waals surface area contributed by atoms with E-state index in [0.717, 1.165) is 18.5 Å². The zero-order chi connectivity index (χ0) is 10.2. The highest BCUT2D eigenvalue weighted by atomic mass is 15.0. The standard InChI is InChI=1S/C13H23N/c1-10(2)7-8-14-12-6-4-5-11-9-13(11,12)3/h7,11-12,14H,4-6,8-9H2,1-3H3. The van der Waals surface area contributed by atoms with Gasteiger partial charge in [-0.3, -0.25) is 0 Å². The van der Waals surface area contributed by atoms with Gasteiger partial charge < -0.3 is 5.32 Å². The summed E-state index contributed by atoms with van der Waals surface area (Å²) in [4.78, 5) is 0. The maximum atomic E-state index is 3.71. The molecule has 0 aliphatic heterocycles. The van der Waals surface area contributed by atoms with Crippen LogP contribution in [0.3, 0.4) is 0 Å². The first-order valence-electron chi connectivity index (χ1n) is 5.99. The minimum atomic E-state index is 0.660. The topological polar surface area (TPSA) is 12.0 Å². The van der Waals surface area contributed by atoms with E-state index in [1.165, 1.54) is 31.3 Å². The molecule has 0 aromatic rings. The summed E-state index contributed by atoms with van der Waals surface area (Å²) in [7, 11) is 0. The van der Waals surface area contributed by atoms with E-state index in [1.54, 1.807) is 0 Å². The van der Waals surface area contributed by atoms with Crippen molar-refractivity contribution in [3.8, 4) is 0 Å². The number of allylic oxidation sites excluding steroid dienone is 1. The summed E-state index contributed by atoms with van der Waals surface area (Å²) < 4.78 is 0. The summed E-state index contributed by atoms with van der Waals surface area (Å²) in [6.45, 7) is 7.88. The van der Waals surface area contributed by atoms with Gasteiger partial charge in [-0.05, 0) is 44.4 Å². The molecule has 0 heterocycles. The van der Waals surface area contributed by atoms with Crippen LogP contribution < -0.4 is 5.32 Å². The van der Waals surface area contributed by atoms with Crippen molar-refractivity contribution in [1.29, 1.82) is 0 Å². The van der Waals surface area contributed by atoms with Gasteiger partial charge >= 0.3 is 0 Å². The molecule has 3 atom stereocenters. The van der Waals surface area contributed by atoms with E-state index >= 15 is 0 Å². The van der Waals surface area contributed by atoms with Crippen molar-refractivity contribution >= 4 is 0 Å². The van der Waals surface area contributed by atoms with Crippen LogP contribution in [0.25, 0.3) is 0 Å². The maximum absolute atomic E-state index is 3.71. The van der Waals surface area contributed by atoms with E-state index in [0.29, 0.717) is 5.41 Å². The van der Waals surface area contributed by atoms with E-state index in [-0.39, 0.29) is 0 Å². The van der Waals surface area contributed by atoms with Gasteiger partial charge in [-0.15, -0.1) is 0 Å². The van der Waals surface area contributed by atoms with Crippen molar-refractivity contribution in [2.75, 3.05) is 6.54 Å². The molecule has 14 heavy (non-hydrogen) atoms. The van der Waals surface area contributed by atoms with Gasteiger partial charge in [0.25, 0.3) is 0 Å². The summed E-state index contributed by atoms with van der Waals surface area (Å²) in [5, 5.41) is 3.71. The van der Waals surface area contributed by atoms with Crippen LogP contribution in [0.2, 0.25) is 0 Å². The average Bonchev–Trinajstić information content (AvgIpc) is 2.77. The van der Waals surface area contributed by atoms with Crippen molar-refractivity contribution in [3.63, 3.8) is 0 Å². The Balaban J connectivity index is 1.83. The van der Waals surface area contributed by atoms with Gasteiger partial charge in [0.05, 0.1) is 0 Å². The van der Waals surface area contributed by atoms with Gasteiger partial charge in [0.1, 0.15) is 0 Å². The highest BCUT2D eigenvalue weighted by molar-refractivity contribution is 5.09. The highest BCUT2D eigenvalue weighted by Crippen LogP contribution is 2.60. The lowest BCUT2D eigenvalue weighted by Crippen LogP contribution is -2.39. The van der Waals surface area contributed by atoms with Crippen LogP contribution in [-0.4, -0.2) is 12.6 Å². The van der Waals surface area contributed by atoms with Crippen molar-refractivity contribution in [2.24, 2.45) is 11.3 Å². The van der Waals surface area contributed by atoms with Crippen LogP contribution in [0, 0.1) is 11.3 Å². The van der Waals surface area contributed by atoms with Crippen LogP contribution in [-0.2, 0) is 0 Å². The molecule has 3 unspecified atom stereocenters. The molecule has 0 saturated heterocycles. The first-order chi connectivity index (χ1) is 6.63. The third-order valence-corrected chi connectivity index (χ3v) is 4.17. The summed E-state index contributed by atoms with van der Waals surface area (Å²) in [6.07, 6.45) is 8.09. The molecule has 2 aliphatic rings. The minimum Gasteiger partial charge on any atom is -0.310 e. The molecule has 1 heteroatoms. The summed E-state index contributed by atoms with van der Waals surface area (Å²) in [5.41, 5.74) is 2.08. The number of fused-ring (bicyclic) bond motifs is 1. The van der Waals surface area contributed by atoms with E-state index in [9.17, 15) is 0 Å². The van der Waals surface area contributed by atoms with Gasteiger partial charge in [0.2, 0.25) is 0 Å². The molecule has 0 aromatic heterocycles. The first kappa shape index (κ1) is 10.2. The maximum Gasteiger partial charge on any atom is 0.0140 e. The van der Waals surface area contributed by atoms with Crippen LogP contribution in [0.15, 0.2) is 11.6 Å². The Hall–Kier alpha value is -0.300. The molecule has 1 nitrogen and oxygen atoms in total. The molecule has 2 rings (SSSR count). The Morgan fingerprint density at radius 3 is 2.93 bits per heavy atom. The lowest BCUT2D eigenvalue weighted by molar-refractivity contribution is 0.269. The number of hydrogen-bond donors (Lipinski definition) is 1. The fourth-order valence-corrected chi connectivity index (χ4v) is 2.97. The third kappa shape index (κ3) is 1.88. The second-order valence-electron chi connectivity index (χ2n) is 5.58. The SMILES string of the molecule is CC(C)=CCNC1CCCC2CC21C. The van der Waals surface area contributed by atoms with Gasteiger partial charge in [0.15, 0.2) is 0 Å². The molecule has 0 spiro atoms. The largest absolute Gasteiger partial charge is 0.310 e. The van der Waals surface area contributed by atoms with E-state index in [1.807, 2.05) is 0 Å². The normalized spacial score (nSPS) is 40.2. The van der Waals surface area contributed by atoms with Crippen molar-refractivity contribution in [3.05, 3.63) is 11.6 Å². The number of nitrogens with one attached hydrogen (secondary N) is 1. The van der Waals surface area contributed by atoms with E-state index in [2.05, 4.69) is 32.2 Å². The molecule has 0 bridgehead atoms. The molecule has 2 saturated carbocycles. The molecule has 2 fully saturated rings. The highest BCUT2D eigenvalue weighted by Gasteiger charge is 2.56.